The zero-order chi connectivity index (χ0) is 15.9. The van der Waals surface area contributed by atoms with Gasteiger partial charge in [0, 0.05) is 12.1 Å². The van der Waals surface area contributed by atoms with Gasteiger partial charge in [0.25, 0.3) is 0 Å². The Labute approximate surface area is 127 Å². The SMILES string of the molecule is CC(C)CCS(=O)(=O)CC(O)COc1ccccc1CN. The van der Waals surface area contributed by atoms with Crippen LogP contribution in [0.1, 0.15) is 25.8 Å². The van der Waals surface area contributed by atoms with Crippen molar-refractivity contribution in [2.75, 3.05) is 18.1 Å². The van der Waals surface area contributed by atoms with Gasteiger partial charge in [-0.15, -0.1) is 0 Å². The van der Waals surface area contributed by atoms with Crippen molar-refractivity contribution in [1.82, 2.24) is 0 Å². The van der Waals surface area contributed by atoms with Crippen LogP contribution in [0.4, 0.5) is 0 Å². The number of sulfone groups is 1. The number of hydrogen-bond donors (Lipinski definition) is 2. The fourth-order valence-electron chi connectivity index (χ4n) is 1.84. The van der Waals surface area contributed by atoms with E-state index < -0.39 is 15.9 Å². The van der Waals surface area contributed by atoms with Gasteiger partial charge >= 0.3 is 0 Å². The van der Waals surface area contributed by atoms with Gasteiger partial charge in [-0.25, -0.2) is 8.42 Å². The molecule has 120 valence electrons. The largest absolute Gasteiger partial charge is 0.491 e. The topological polar surface area (TPSA) is 89.6 Å². The first-order valence-electron chi connectivity index (χ1n) is 7.13. The van der Waals surface area contributed by atoms with Crippen LogP contribution in [-0.2, 0) is 16.4 Å². The van der Waals surface area contributed by atoms with E-state index in [9.17, 15) is 13.5 Å². The lowest BCUT2D eigenvalue weighted by atomic mass is 10.2. The molecule has 0 radical (unpaired) electrons. The molecule has 0 aromatic heterocycles. The third-order valence-corrected chi connectivity index (χ3v) is 4.83. The molecular formula is C15H25NO4S. The molecule has 0 saturated carbocycles. The van der Waals surface area contributed by atoms with Crippen molar-refractivity contribution in [3.63, 3.8) is 0 Å². The number of rotatable bonds is 9. The van der Waals surface area contributed by atoms with Crippen LogP contribution in [0.5, 0.6) is 5.75 Å². The molecule has 1 atom stereocenters. The first-order valence-corrected chi connectivity index (χ1v) is 8.95. The van der Waals surface area contributed by atoms with Gasteiger partial charge in [0.15, 0.2) is 9.84 Å². The number of hydrogen-bond acceptors (Lipinski definition) is 5. The molecule has 0 aliphatic carbocycles. The van der Waals surface area contributed by atoms with Gasteiger partial charge in [-0.2, -0.15) is 0 Å². The van der Waals surface area contributed by atoms with Gasteiger partial charge in [-0.1, -0.05) is 32.0 Å². The van der Waals surface area contributed by atoms with Crippen molar-refractivity contribution in [2.24, 2.45) is 11.7 Å². The summed E-state index contributed by atoms with van der Waals surface area (Å²) in [6.07, 6.45) is -0.431. The second-order valence-corrected chi connectivity index (χ2v) is 7.80. The van der Waals surface area contributed by atoms with Gasteiger partial charge < -0.3 is 15.6 Å². The first kappa shape index (κ1) is 17.9. The van der Waals surface area contributed by atoms with Crippen molar-refractivity contribution < 1.29 is 18.3 Å². The number of nitrogens with two attached hydrogens (primary N) is 1. The molecular weight excluding hydrogens is 290 g/mol. The predicted octanol–water partition coefficient (Wildman–Crippen LogP) is 1.35. The molecule has 1 rings (SSSR count). The Morgan fingerprint density at radius 3 is 2.57 bits per heavy atom. The minimum Gasteiger partial charge on any atom is -0.491 e. The summed E-state index contributed by atoms with van der Waals surface area (Å²) in [7, 11) is -3.25. The van der Waals surface area contributed by atoms with Crippen molar-refractivity contribution in [1.29, 1.82) is 0 Å². The Morgan fingerprint density at radius 1 is 1.29 bits per heavy atom. The van der Waals surface area contributed by atoms with Crippen LogP contribution in [-0.4, -0.2) is 37.7 Å². The molecule has 5 nitrogen and oxygen atoms in total. The average Bonchev–Trinajstić information content (AvgIpc) is 2.43. The molecule has 6 heteroatoms. The highest BCUT2D eigenvalue weighted by Crippen LogP contribution is 2.17. The van der Waals surface area contributed by atoms with E-state index >= 15 is 0 Å². The van der Waals surface area contributed by atoms with Crippen LogP contribution < -0.4 is 10.5 Å². The molecule has 1 unspecified atom stereocenters. The summed E-state index contributed by atoms with van der Waals surface area (Å²) in [6, 6.07) is 7.24. The second-order valence-electron chi connectivity index (χ2n) is 5.57. The number of aliphatic hydroxyl groups excluding tert-OH is 1. The van der Waals surface area contributed by atoms with E-state index in [1.54, 1.807) is 12.1 Å². The molecule has 0 spiro atoms. The van der Waals surface area contributed by atoms with Crippen molar-refractivity contribution in [3.05, 3.63) is 29.8 Å². The maximum absolute atomic E-state index is 11.8. The molecule has 0 fully saturated rings. The average molecular weight is 315 g/mol. The standard InChI is InChI=1S/C15H25NO4S/c1-12(2)7-8-21(18,19)11-14(17)10-20-15-6-4-3-5-13(15)9-16/h3-6,12,14,17H,7-11,16H2,1-2H3. The van der Waals surface area contributed by atoms with Crippen LogP contribution in [0.15, 0.2) is 24.3 Å². The lowest BCUT2D eigenvalue weighted by Crippen LogP contribution is -2.29. The molecule has 1 aromatic carbocycles. The predicted molar refractivity (Wildman–Crippen MR) is 83.9 cm³/mol. The highest BCUT2D eigenvalue weighted by molar-refractivity contribution is 7.91. The van der Waals surface area contributed by atoms with Crippen LogP contribution >= 0.6 is 0 Å². The highest BCUT2D eigenvalue weighted by atomic mass is 32.2. The Bertz CT molecular complexity index is 528. The second kappa shape index (κ2) is 8.36. The third kappa shape index (κ3) is 6.93. The zero-order valence-corrected chi connectivity index (χ0v) is 13.5. The van der Waals surface area contributed by atoms with E-state index in [1.807, 2.05) is 26.0 Å². The Morgan fingerprint density at radius 2 is 1.95 bits per heavy atom. The number of aliphatic hydroxyl groups is 1. The minimum atomic E-state index is -3.25. The first-order chi connectivity index (χ1) is 9.84. The molecule has 0 bridgehead atoms. The number of para-hydroxylation sites is 1. The zero-order valence-electron chi connectivity index (χ0n) is 12.7. The molecule has 0 heterocycles. The molecule has 3 N–H and O–H groups in total. The fraction of sp³-hybridized carbons (Fsp3) is 0.600. The monoisotopic (exact) mass is 315 g/mol. The van der Waals surface area contributed by atoms with Crippen molar-refractivity contribution >= 4 is 9.84 Å². The van der Waals surface area contributed by atoms with Gasteiger partial charge in [0.2, 0.25) is 0 Å². The Hall–Kier alpha value is -1.11. The maximum atomic E-state index is 11.8. The van der Waals surface area contributed by atoms with E-state index in [0.29, 0.717) is 24.6 Å². The van der Waals surface area contributed by atoms with E-state index in [-0.39, 0.29) is 18.1 Å². The van der Waals surface area contributed by atoms with Crippen LogP contribution in [0, 0.1) is 5.92 Å². The molecule has 0 amide bonds. The van der Waals surface area contributed by atoms with Gasteiger partial charge in [-0.3, -0.25) is 0 Å². The third-order valence-electron chi connectivity index (χ3n) is 3.08. The fourth-order valence-corrected chi connectivity index (χ4v) is 3.52. The van der Waals surface area contributed by atoms with E-state index in [0.717, 1.165) is 5.56 Å². The summed E-state index contributed by atoms with van der Waals surface area (Å²) in [5.74, 6) is 0.731. The summed E-state index contributed by atoms with van der Waals surface area (Å²) in [6.45, 7) is 4.22. The smallest absolute Gasteiger partial charge is 0.152 e. The normalized spacial score (nSPS) is 13.4. The van der Waals surface area contributed by atoms with Crippen LogP contribution in [0.3, 0.4) is 0 Å². The number of benzene rings is 1. The van der Waals surface area contributed by atoms with E-state index in [2.05, 4.69) is 0 Å². The van der Waals surface area contributed by atoms with Gasteiger partial charge in [0.05, 0.1) is 11.5 Å². The van der Waals surface area contributed by atoms with Crippen LogP contribution in [0.2, 0.25) is 0 Å². The lowest BCUT2D eigenvalue weighted by molar-refractivity contribution is 0.124. The summed E-state index contributed by atoms with van der Waals surface area (Å²) in [5, 5.41) is 9.84. The van der Waals surface area contributed by atoms with Gasteiger partial charge in [-0.05, 0) is 18.4 Å². The lowest BCUT2D eigenvalue weighted by Gasteiger charge is -2.15. The summed E-state index contributed by atoms with van der Waals surface area (Å²) in [5.41, 5.74) is 6.41. The summed E-state index contributed by atoms with van der Waals surface area (Å²) in [4.78, 5) is 0. The molecule has 0 aliphatic rings. The van der Waals surface area contributed by atoms with E-state index in [1.165, 1.54) is 0 Å². The van der Waals surface area contributed by atoms with Crippen molar-refractivity contribution in [2.45, 2.75) is 32.9 Å². The van der Waals surface area contributed by atoms with E-state index in [4.69, 9.17) is 10.5 Å². The van der Waals surface area contributed by atoms with Crippen molar-refractivity contribution in [3.8, 4) is 5.75 Å². The minimum absolute atomic E-state index is 0.0576. The van der Waals surface area contributed by atoms with Crippen LogP contribution in [0.25, 0.3) is 0 Å². The molecule has 1 aromatic rings. The quantitative estimate of drug-likeness (QED) is 0.718. The number of ether oxygens (including phenoxy) is 1. The Balaban J connectivity index is 2.48. The van der Waals surface area contributed by atoms with Gasteiger partial charge in [0.1, 0.15) is 18.5 Å². The molecule has 0 aliphatic heterocycles. The summed E-state index contributed by atoms with van der Waals surface area (Å²) >= 11 is 0. The molecule has 0 saturated heterocycles. The maximum Gasteiger partial charge on any atom is 0.152 e. The highest BCUT2D eigenvalue weighted by Gasteiger charge is 2.18. The molecule has 21 heavy (non-hydrogen) atoms. The summed E-state index contributed by atoms with van der Waals surface area (Å²) < 4.78 is 29.2. The Kier molecular flexibility index (Phi) is 7.14.